The number of anilines is 1. The van der Waals surface area contributed by atoms with Gasteiger partial charge in [-0.25, -0.2) is 4.39 Å². The lowest BCUT2D eigenvalue weighted by molar-refractivity contribution is -0.684. The number of benzene rings is 1. The monoisotopic (exact) mass is 299 g/mol. The fourth-order valence-electron chi connectivity index (χ4n) is 2.85. The van der Waals surface area contributed by atoms with Gasteiger partial charge in [0.15, 0.2) is 12.4 Å². The smallest absolute Gasteiger partial charge is 0.290 e. The first-order chi connectivity index (χ1) is 10.6. The number of halogens is 1. The summed E-state index contributed by atoms with van der Waals surface area (Å²) < 4.78 is 15.4. The number of nitrogens with one attached hydrogen (secondary N) is 1. The summed E-state index contributed by atoms with van der Waals surface area (Å²) in [6.07, 6.45) is 8.68. The summed E-state index contributed by atoms with van der Waals surface area (Å²) in [5, 5.41) is 2.74. The van der Waals surface area contributed by atoms with Gasteiger partial charge in [0.1, 0.15) is 5.82 Å². The molecule has 1 amide bonds. The molecule has 1 heterocycles. The highest BCUT2D eigenvalue weighted by Crippen LogP contribution is 2.18. The van der Waals surface area contributed by atoms with Crippen molar-refractivity contribution in [2.75, 3.05) is 5.32 Å². The van der Waals surface area contributed by atoms with Crippen molar-refractivity contribution in [1.29, 1.82) is 0 Å². The highest BCUT2D eigenvalue weighted by atomic mass is 19.1. The number of fused-ring (bicyclic) bond motifs is 1. The minimum atomic E-state index is -0.306. The van der Waals surface area contributed by atoms with Crippen LogP contribution in [-0.2, 0) is 24.2 Å². The van der Waals surface area contributed by atoms with Crippen LogP contribution in [0.2, 0.25) is 0 Å². The lowest BCUT2D eigenvalue weighted by Crippen LogP contribution is -2.40. The summed E-state index contributed by atoms with van der Waals surface area (Å²) in [7, 11) is 0. The summed E-state index contributed by atoms with van der Waals surface area (Å²) >= 11 is 0. The first-order valence-electron chi connectivity index (χ1n) is 7.69. The first-order valence-corrected chi connectivity index (χ1v) is 7.69. The standard InChI is InChI=1S/C18H19FN2O/c1-13-6-7-16(10-17(13)19)20-18(22)12-21-9-8-14-4-2-3-5-15(14)11-21/h6-11H,2-5,12H2,1H3/p+1. The quantitative estimate of drug-likeness (QED) is 0.869. The van der Waals surface area contributed by atoms with E-state index < -0.39 is 0 Å². The molecule has 0 bridgehead atoms. The molecule has 0 aliphatic heterocycles. The van der Waals surface area contributed by atoms with Crippen molar-refractivity contribution in [1.82, 2.24) is 0 Å². The molecular weight excluding hydrogens is 279 g/mol. The van der Waals surface area contributed by atoms with E-state index in [9.17, 15) is 9.18 Å². The van der Waals surface area contributed by atoms with Crippen molar-refractivity contribution in [3.05, 3.63) is 59.2 Å². The van der Waals surface area contributed by atoms with Crippen molar-refractivity contribution in [3.63, 3.8) is 0 Å². The maximum absolute atomic E-state index is 13.5. The van der Waals surface area contributed by atoms with Gasteiger partial charge in [0.05, 0.1) is 0 Å². The first kappa shape index (κ1) is 14.7. The molecule has 0 atom stereocenters. The Bertz CT molecular complexity index is 712. The van der Waals surface area contributed by atoms with Crippen molar-refractivity contribution >= 4 is 11.6 Å². The summed E-state index contributed by atoms with van der Waals surface area (Å²) in [6.45, 7) is 1.94. The maximum atomic E-state index is 13.5. The van der Waals surface area contributed by atoms with E-state index in [2.05, 4.69) is 17.6 Å². The summed E-state index contributed by atoms with van der Waals surface area (Å²) in [4.78, 5) is 12.1. The SMILES string of the molecule is Cc1ccc(NC(=O)C[n+]2ccc3c(c2)CCCC3)cc1F. The molecule has 0 radical (unpaired) electrons. The predicted molar refractivity (Wildman–Crippen MR) is 83.0 cm³/mol. The van der Waals surface area contributed by atoms with Crippen LogP contribution < -0.4 is 9.88 Å². The van der Waals surface area contributed by atoms with Crippen LogP contribution in [0.3, 0.4) is 0 Å². The average Bonchev–Trinajstić information content (AvgIpc) is 2.51. The Morgan fingerprint density at radius 1 is 1.23 bits per heavy atom. The molecule has 0 saturated carbocycles. The Kier molecular flexibility index (Phi) is 4.18. The van der Waals surface area contributed by atoms with E-state index in [0.29, 0.717) is 11.3 Å². The van der Waals surface area contributed by atoms with Gasteiger partial charge in [0, 0.05) is 17.3 Å². The molecule has 22 heavy (non-hydrogen) atoms. The number of aromatic nitrogens is 1. The second kappa shape index (κ2) is 6.26. The van der Waals surface area contributed by atoms with E-state index in [0.717, 1.165) is 12.8 Å². The molecule has 3 rings (SSSR count). The summed E-state index contributed by atoms with van der Waals surface area (Å²) in [5.41, 5.74) is 3.79. The molecule has 0 unspecified atom stereocenters. The van der Waals surface area contributed by atoms with Crippen LogP contribution >= 0.6 is 0 Å². The van der Waals surface area contributed by atoms with E-state index in [1.165, 1.54) is 30.0 Å². The van der Waals surface area contributed by atoms with Crippen molar-refractivity contribution < 1.29 is 13.8 Å². The van der Waals surface area contributed by atoms with Gasteiger partial charge in [-0.3, -0.25) is 4.79 Å². The Balaban J connectivity index is 1.67. The lowest BCUT2D eigenvalue weighted by atomic mass is 9.93. The lowest BCUT2D eigenvalue weighted by Gasteiger charge is -2.13. The molecule has 0 saturated heterocycles. The van der Waals surface area contributed by atoms with Crippen LogP contribution in [0.5, 0.6) is 0 Å². The Labute approximate surface area is 129 Å². The third-order valence-corrected chi connectivity index (χ3v) is 4.13. The molecule has 1 N–H and O–H groups in total. The Morgan fingerprint density at radius 3 is 2.77 bits per heavy atom. The zero-order valence-electron chi connectivity index (χ0n) is 12.7. The van der Waals surface area contributed by atoms with E-state index in [-0.39, 0.29) is 18.3 Å². The molecular formula is C18H20FN2O+. The average molecular weight is 299 g/mol. The number of pyridine rings is 1. The fourth-order valence-corrected chi connectivity index (χ4v) is 2.85. The molecule has 0 spiro atoms. The molecule has 1 aliphatic carbocycles. The Hall–Kier alpha value is -2.23. The molecule has 4 heteroatoms. The number of hydrogen-bond acceptors (Lipinski definition) is 1. The number of hydrogen-bond donors (Lipinski definition) is 1. The Morgan fingerprint density at radius 2 is 2.00 bits per heavy atom. The minimum absolute atomic E-state index is 0.149. The highest BCUT2D eigenvalue weighted by Gasteiger charge is 2.16. The second-order valence-corrected chi connectivity index (χ2v) is 5.89. The summed E-state index contributed by atoms with van der Waals surface area (Å²) in [5.74, 6) is -0.455. The van der Waals surface area contributed by atoms with Crippen molar-refractivity contribution in [2.24, 2.45) is 0 Å². The van der Waals surface area contributed by atoms with Gasteiger partial charge in [-0.1, -0.05) is 6.07 Å². The summed E-state index contributed by atoms with van der Waals surface area (Å²) in [6, 6.07) is 6.84. The van der Waals surface area contributed by atoms with E-state index >= 15 is 0 Å². The van der Waals surface area contributed by atoms with Crippen LogP contribution in [0, 0.1) is 12.7 Å². The van der Waals surface area contributed by atoms with Crippen LogP contribution in [0.15, 0.2) is 36.7 Å². The van der Waals surface area contributed by atoms with Gasteiger partial charge in [-0.05, 0) is 55.9 Å². The molecule has 1 aromatic carbocycles. The van der Waals surface area contributed by atoms with E-state index in [1.807, 2.05) is 10.8 Å². The highest BCUT2D eigenvalue weighted by molar-refractivity contribution is 5.89. The number of carbonyl (C=O) groups excluding carboxylic acids is 1. The minimum Gasteiger partial charge on any atom is -0.320 e. The number of rotatable bonds is 3. The molecule has 1 aromatic heterocycles. The van der Waals surface area contributed by atoms with Gasteiger partial charge in [-0.15, -0.1) is 0 Å². The topological polar surface area (TPSA) is 33.0 Å². The molecule has 114 valence electrons. The van der Waals surface area contributed by atoms with Crippen LogP contribution in [-0.4, -0.2) is 5.91 Å². The molecule has 2 aromatic rings. The third-order valence-electron chi connectivity index (χ3n) is 4.13. The normalized spacial score (nSPS) is 13.5. The van der Waals surface area contributed by atoms with Gasteiger partial charge in [0.25, 0.3) is 5.91 Å². The second-order valence-electron chi connectivity index (χ2n) is 5.89. The molecule has 0 fully saturated rings. The third kappa shape index (κ3) is 3.32. The maximum Gasteiger partial charge on any atom is 0.290 e. The fraction of sp³-hybridized carbons (Fsp3) is 0.333. The van der Waals surface area contributed by atoms with Crippen molar-refractivity contribution in [3.8, 4) is 0 Å². The molecule has 1 aliphatic rings. The van der Waals surface area contributed by atoms with E-state index in [4.69, 9.17) is 0 Å². The zero-order chi connectivity index (χ0) is 15.5. The van der Waals surface area contributed by atoms with Crippen LogP contribution in [0.25, 0.3) is 0 Å². The predicted octanol–water partition coefficient (Wildman–Crippen LogP) is 2.94. The molecule has 3 nitrogen and oxygen atoms in total. The largest absolute Gasteiger partial charge is 0.320 e. The van der Waals surface area contributed by atoms with E-state index in [1.54, 1.807) is 19.1 Å². The van der Waals surface area contributed by atoms with Crippen LogP contribution in [0.1, 0.15) is 29.5 Å². The number of aryl methyl sites for hydroxylation is 3. The van der Waals surface area contributed by atoms with Crippen molar-refractivity contribution in [2.45, 2.75) is 39.2 Å². The van der Waals surface area contributed by atoms with Gasteiger partial charge < -0.3 is 5.32 Å². The van der Waals surface area contributed by atoms with Gasteiger partial charge in [-0.2, -0.15) is 4.57 Å². The van der Waals surface area contributed by atoms with Gasteiger partial charge >= 0.3 is 0 Å². The van der Waals surface area contributed by atoms with Crippen LogP contribution in [0.4, 0.5) is 10.1 Å². The van der Waals surface area contributed by atoms with Gasteiger partial charge in [0.2, 0.25) is 6.54 Å². The number of carbonyl (C=O) groups is 1. The number of amides is 1. The number of nitrogens with zero attached hydrogens (tertiary/aromatic N) is 1. The zero-order valence-corrected chi connectivity index (χ0v) is 12.7.